The number of nitro groups is 1. The molecule has 0 aliphatic rings. The first-order valence-corrected chi connectivity index (χ1v) is 7.25. The van der Waals surface area contributed by atoms with Crippen molar-refractivity contribution in [2.24, 2.45) is 10.2 Å². The van der Waals surface area contributed by atoms with Gasteiger partial charge in [-0.2, -0.15) is 0 Å². The smallest absolute Gasteiger partial charge is 0.358 e. The van der Waals surface area contributed by atoms with Crippen LogP contribution in [0.1, 0.15) is 21.6 Å². The number of aromatic nitrogens is 2. The van der Waals surface area contributed by atoms with Gasteiger partial charge in [-0.05, 0) is 37.1 Å². The summed E-state index contributed by atoms with van der Waals surface area (Å²) >= 11 is 0. The minimum Gasteiger partial charge on any atom is -0.476 e. The van der Waals surface area contributed by atoms with Gasteiger partial charge in [-0.25, -0.2) is 9.78 Å². The summed E-state index contributed by atoms with van der Waals surface area (Å²) in [5, 5.41) is 28.2. The second kappa shape index (κ2) is 6.11. The molecule has 0 spiro atoms. The fraction of sp³-hybridized carbons (Fsp3) is 0.125. The molecule has 0 fully saturated rings. The zero-order valence-corrected chi connectivity index (χ0v) is 13.4. The van der Waals surface area contributed by atoms with Crippen molar-refractivity contribution in [3.05, 3.63) is 63.5 Å². The Labute approximate surface area is 141 Å². The molecule has 9 nitrogen and oxygen atoms in total. The molecule has 1 N–H and O–H groups in total. The van der Waals surface area contributed by atoms with E-state index in [1.54, 1.807) is 31.3 Å². The molecule has 2 aromatic heterocycles. The highest BCUT2D eigenvalue weighted by molar-refractivity contribution is 5.91. The molecule has 0 unspecified atom stereocenters. The minimum absolute atomic E-state index is 0.0495. The summed E-state index contributed by atoms with van der Waals surface area (Å²) in [6, 6.07) is 7.73. The Kier molecular flexibility index (Phi) is 3.97. The maximum atomic E-state index is 11.4. The number of non-ortho nitro benzene ring substituents is 1. The third-order valence-corrected chi connectivity index (χ3v) is 3.62. The summed E-state index contributed by atoms with van der Waals surface area (Å²) < 4.78 is 1.51. The lowest BCUT2D eigenvalue weighted by atomic mass is 10.2. The van der Waals surface area contributed by atoms with Crippen molar-refractivity contribution in [3.63, 3.8) is 0 Å². The summed E-state index contributed by atoms with van der Waals surface area (Å²) in [5.74, 6) is -1.18. The van der Waals surface area contributed by atoms with E-state index in [2.05, 4.69) is 15.2 Å². The van der Waals surface area contributed by atoms with Crippen molar-refractivity contribution in [2.75, 3.05) is 0 Å². The largest absolute Gasteiger partial charge is 0.476 e. The van der Waals surface area contributed by atoms with Crippen LogP contribution in [0, 0.1) is 24.0 Å². The maximum absolute atomic E-state index is 11.4. The molecule has 3 rings (SSSR count). The number of carboxylic acids is 1. The molecule has 0 saturated heterocycles. The molecule has 3 aromatic rings. The van der Waals surface area contributed by atoms with Crippen molar-refractivity contribution in [1.29, 1.82) is 0 Å². The van der Waals surface area contributed by atoms with E-state index < -0.39 is 10.9 Å². The minimum atomic E-state index is -1.23. The first kappa shape index (κ1) is 16.2. The fourth-order valence-electron chi connectivity index (χ4n) is 2.29. The van der Waals surface area contributed by atoms with Gasteiger partial charge in [-0.3, -0.25) is 14.5 Å². The number of hydrogen-bond donors (Lipinski definition) is 1. The summed E-state index contributed by atoms with van der Waals surface area (Å²) in [4.78, 5) is 25.8. The average molecular weight is 339 g/mol. The standard InChI is InChI=1S/C16H13N5O4/c1-9-5-6-20-13(7-9)17-14(16(22)23)15(20)19-18-12-8-11(21(24)25)4-3-10(12)2/h3-8H,1-2H3,(H,22,23). The maximum Gasteiger partial charge on any atom is 0.358 e. The molecule has 25 heavy (non-hydrogen) atoms. The number of aryl methyl sites for hydroxylation is 2. The van der Waals surface area contributed by atoms with Crippen LogP contribution in [0.3, 0.4) is 0 Å². The summed E-state index contributed by atoms with van der Waals surface area (Å²) in [6.07, 6.45) is 1.65. The van der Waals surface area contributed by atoms with E-state index in [0.717, 1.165) is 5.56 Å². The highest BCUT2D eigenvalue weighted by atomic mass is 16.6. The molecule has 126 valence electrons. The van der Waals surface area contributed by atoms with Crippen LogP contribution in [-0.2, 0) is 0 Å². The molecule has 1 aromatic carbocycles. The number of fused-ring (bicyclic) bond motifs is 1. The van der Waals surface area contributed by atoms with Crippen molar-refractivity contribution in [1.82, 2.24) is 9.38 Å². The molecule has 0 saturated carbocycles. The monoisotopic (exact) mass is 339 g/mol. The van der Waals surface area contributed by atoms with Gasteiger partial charge in [0.05, 0.1) is 10.6 Å². The average Bonchev–Trinajstić information content (AvgIpc) is 2.91. The fourth-order valence-corrected chi connectivity index (χ4v) is 2.29. The SMILES string of the molecule is Cc1ccn2c(N=Nc3cc([N+](=O)[O-])ccc3C)c(C(=O)O)nc2c1. The van der Waals surface area contributed by atoms with Crippen molar-refractivity contribution >= 4 is 28.8 Å². The highest BCUT2D eigenvalue weighted by Crippen LogP contribution is 2.28. The number of carbonyl (C=O) groups is 1. The molecule has 9 heteroatoms. The molecule has 0 radical (unpaired) electrons. The quantitative estimate of drug-likeness (QED) is 0.437. The zero-order valence-electron chi connectivity index (χ0n) is 13.4. The van der Waals surface area contributed by atoms with Gasteiger partial charge in [0.25, 0.3) is 5.69 Å². The summed E-state index contributed by atoms with van der Waals surface area (Å²) in [5.41, 5.74) is 1.96. The topological polar surface area (TPSA) is 122 Å². The number of nitrogens with zero attached hydrogens (tertiary/aromatic N) is 5. The lowest BCUT2D eigenvalue weighted by Gasteiger charge is -2.00. The van der Waals surface area contributed by atoms with E-state index in [1.165, 1.54) is 16.5 Å². The van der Waals surface area contributed by atoms with Crippen molar-refractivity contribution in [2.45, 2.75) is 13.8 Å². The van der Waals surface area contributed by atoms with Crippen LogP contribution < -0.4 is 0 Å². The van der Waals surface area contributed by atoms with Gasteiger partial charge in [-0.15, -0.1) is 10.2 Å². The van der Waals surface area contributed by atoms with Crippen LogP contribution in [0.2, 0.25) is 0 Å². The Hall–Kier alpha value is -3.62. The Balaban J connectivity index is 2.13. The van der Waals surface area contributed by atoms with E-state index in [1.807, 2.05) is 6.92 Å². The van der Waals surface area contributed by atoms with Crippen LogP contribution in [-0.4, -0.2) is 25.4 Å². The molecule has 0 aliphatic heterocycles. The van der Waals surface area contributed by atoms with Gasteiger partial charge in [0.2, 0.25) is 0 Å². The summed E-state index contributed by atoms with van der Waals surface area (Å²) in [7, 11) is 0. The molecule has 0 atom stereocenters. The summed E-state index contributed by atoms with van der Waals surface area (Å²) in [6.45, 7) is 3.59. The lowest BCUT2D eigenvalue weighted by Crippen LogP contribution is -1.96. The number of imidazole rings is 1. The Bertz CT molecular complexity index is 1040. The van der Waals surface area contributed by atoms with Gasteiger partial charge in [-0.1, -0.05) is 6.07 Å². The zero-order chi connectivity index (χ0) is 18.1. The van der Waals surface area contributed by atoms with Gasteiger partial charge < -0.3 is 5.11 Å². The number of aromatic carboxylic acids is 1. The Morgan fingerprint density at radius 1 is 1.24 bits per heavy atom. The van der Waals surface area contributed by atoms with Crippen LogP contribution in [0.5, 0.6) is 0 Å². The molecular formula is C16H13N5O4. The lowest BCUT2D eigenvalue weighted by molar-refractivity contribution is -0.384. The predicted molar refractivity (Wildman–Crippen MR) is 88.9 cm³/mol. The van der Waals surface area contributed by atoms with E-state index in [-0.39, 0.29) is 22.9 Å². The number of hydrogen-bond acceptors (Lipinski definition) is 6. The predicted octanol–water partition coefficient (Wildman–Crippen LogP) is 3.97. The number of pyridine rings is 1. The number of rotatable bonds is 4. The van der Waals surface area contributed by atoms with Crippen LogP contribution in [0.15, 0.2) is 46.8 Å². The second-order valence-corrected chi connectivity index (χ2v) is 5.45. The van der Waals surface area contributed by atoms with Gasteiger partial charge in [0.1, 0.15) is 5.65 Å². The third-order valence-electron chi connectivity index (χ3n) is 3.62. The van der Waals surface area contributed by atoms with Gasteiger partial charge in [0, 0.05) is 18.3 Å². The second-order valence-electron chi connectivity index (χ2n) is 5.45. The third kappa shape index (κ3) is 3.07. The van der Waals surface area contributed by atoms with Crippen molar-refractivity contribution < 1.29 is 14.8 Å². The number of benzene rings is 1. The van der Waals surface area contributed by atoms with Crippen LogP contribution in [0.4, 0.5) is 17.2 Å². The first-order chi connectivity index (χ1) is 11.9. The molecule has 0 aliphatic carbocycles. The van der Waals surface area contributed by atoms with Gasteiger partial charge in [0.15, 0.2) is 11.5 Å². The molecule has 0 bridgehead atoms. The van der Waals surface area contributed by atoms with E-state index >= 15 is 0 Å². The molecule has 0 amide bonds. The number of carboxylic acid groups (broad SMARTS) is 1. The Morgan fingerprint density at radius 3 is 2.68 bits per heavy atom. The van der Waals surface area contributed by atoms with Crippen LogP contribution in [0.25, 0.3) is 5.65 Å². The first-order valence-electron chi connectivity index (χ1n) is 7.25. The molecular weight excluding hydrogens is 326 g/mol. The van der Waals surface area contributed by atoms with E-state index in [9.17, 15) is 20.0 Å². The number of nitro benzene ring substituents is 1. The van der Waals surface area contributed by atoms with Crippen LogP contribution >= 0.6 is 0 Å². The normalized spacial score (nSPS) is 11.3. The molecule has 2 heterocycles. The van der Waals surface area contributed by atoms with E-state index in [4.69, 9.17) is 0 Å². The van der Waals surface area contributed by atoms with E-state index in [0.29, 0.717) is 11.2 Å². The Morgan fingerprint density at radius 2 is 2.00 bits per heavy atom. The highest BCUT2D eigenvalue weighted by Gasteiger charge is 2.18. The van der Waals surface area contributed by atoms with Crippen molar-refractivity contribution in [3.8, 4) is 0 Å². The van der Waals surface area contributed by atoms with Gasteiger partial charge >= 0.3 is 5.97 Å². The number of azo groups is 1.